The summed E-state index contributed by atoms with van der Waals surface area (Å²) in [6.45, 7) is 1.87. The molecule has 0 radical (unpaired) electrons. The van der Waals surface area contributed by atoms with Crippen molar-refractivity contribution in [1.29, 1.82) is 5.26 Å². The van der Waals surface area contributed by atoms with Gasteiger partial charge in [-0.25, -0.2) is 8.42 Å². The van der Waals surface area contributed by atoms with Gasteiger partial charge in [0, 0.05) is 18.1 Å². The zero-order chi connectivity index (χ0) is 18.6. The first-order chi connectivity index (χ1) is 12.5. The molecule has 0 bridgehead atoms. The summed E-state index contributed by atoms with van der Waals surface area (Å²) in [6.07, 6.45) is 5.99. The minimum Gasteiger partial charge on any atom is -0.317 e. The SMILES string of the molecule is CCCS(=O)(=O)c1cccc(CCc2nccn3c(CC#N)ccc23)c1. The van der Waals surface area contributed by atoms with Crippen LogP contribution in [0.15, 0.2) is 53.7 Å². The Bertz CT molecular complexity index is 1060. The van der Waals surface area contributed by atoms with Crippen molar-refractivity contribution >= 4 is 15.4 Å². The number of hydrogen-bond donors (Lipinski definition) is 0. The fraction of sp³-hybridized carbons (Fsp3) is 0.300. The standard InChI is InChI=1S/C20H21N3O2S/c1-2-14-26(24,25)18-5-3-4-16(15-18)6-8-19-20-9-7-17(10-11-21)23(20)13-12-22-19/h3-5,7,9,12-13,15H,2,6,8,10,14H2,1H3. The molecule has 0 amide bonds. The number of aromatic nitrogens is 2. The minimum atomic E-state index is -3.20. The second-order valence-electron chi connectivity index (χ2n) is 6.26. The molecule has 0 unspecified atom stereocenters. The quantitative estimate of drug-likeness (QED) is 0.642. The van der Waals surface area contributed by atoms with Crippen molar-refractivity contribution in [1.82, 2.24) is 9.38 Å². The van der Waals surface area contributed by atoms with E-state index in [1.54, 1.807) is 24.4 Å². The Morgan fingerprint density at radius 1 is 1.19 bits per heavy atom. The molecule has 0 saturated carbocycles. The van der Waals surface area contributed by atoms with Gasteiger partial charge in [0.15, 0.2) is 9.84 Å². The van der Waals surface area contributed by atoms with Gasteiger partial charge >= 0.3 is 0 Å². The van der Waals surface area contributed by atoms with Crippen LogP contribution in [-0.2, 0) is 29.1 Å². The van der Waals surface area contributed by atoms with Crippen molar-refractivity contribution in [2.75, 3.05) is 5.75 Å². The third-order valence-corrected chi connectivity index (χ3v) is 6.30. The number of aryl methyl sites for hydroxylation is 2. The Morgan fingerprint density at radius 3 is 2.81 bits per heavy atom. The molecule has 3 aromatic rings. The number of nitrogens with zero attached hydrogens (tertiary/aromatic N) is 3. The number of sulfone groups is 1. The number of nitriles is 1. The fourth-order valence-electron chi connectivity index (χ4n) is 3.12. The van der Waals surface area contributed by atoms with E-state index < -0.39 is 9.84 Å². The van der Waals surface area contributed by atoms with E-state index in [1.807, 2.05) is 35.7 Å². The Morgan fingerprint density at radius 2 is 2.04 bits per heavy atom. The van der Waals surface area contributed by atoms with E-state index in [4.69, 9.17) is 5.26 Å². The molecular formula is C20H21N3O2S. The maximum Gasteiger partial charge on any atom is 0.178 e. The van der Waals surface area contributed by atoms with Crippen molar-refractivity contribution in [3.05, 3.63) is 65.7 Å². The highest BCUT2D eigenvalue weighted by Gasteiger charge is 2.13. The van der Waals surface area contributed by atoms with Crippen LogP contribution in [0.3, 0.4) is 0 Å². The van der Waals surface area contributed by atoms with E-state index in [2.05, 4.69) is 11.1 Å². The van der Waals surface area contributed by atoms with Crippen molar-refractivity contribution < 1.29 is 8.42 Å². The Balaban J connectivity index is 1.82. The zero-order valence-electron chi connectivity index (χ0n) is 14.7. The molecule has 2 aromatic heterocycles. The molecule has 0 spiro atoms. The molecule has 0 fully saturated rings. The van der Waals surface area contributed by atoms with E-state index >= 15 is 0 Å². The summed E-state index contributed by atoms with van der Waals surface area (Å²) in [6, 6.07) is 13.3. The van der Waals surface area contributed by atoms with E-state index in [0.29, 0.717) is 30.6 Å². The second kappa shape index (κ2) is 7.71. The molecule has 0 saturated heterocycles. The summed E-state index contributed by atoms with van der Waals surface area (Å²) in [5.74, 6) is 0.170. The first-order valence-electron chi connectivity index (χ1n) is 8.67. The van der Waals surface area contributed by atoms with E-state index in [9.17, 15) is 8.42 Å². The highest BCUT2D eigenvalue weighted by Crippen LogP contribution is 2.18. The van der Waals surface area contributed by atoms with Crippen LogP contribution in [0.2, 0.25) is 0 Å². The van der Waals surface area contributed by atoms with Crippen LogP contribution in [0, 0.1) is 11.3 Å². The van der Waals surface area contributed by atoms with Crippen LogP contribution in [0.4, 0.5) is 0 Å². The fourth-order valence-corrected chi connectivity index (χ4v) is 4.51. The molecule has 0 aliphatic heterocycles. The number of fused-ring (bicyclic) bond motifs is 1. The minimum absolute atomic E-state index is 0.170. The average molecular weight is 367 g/mol. The molecule has 5 nitrogen and oxygen atoms in total. The van der Waals surface area contributed by atoms with Crippen LogP contribution < -0.4 is 0 Å². The third kappa shape index (κ3) is 3.78. The number of benzene rings is 1. The van der Waals surface area contributed by atoms with E-state index in [-0.39, 0.29) is 5.75 Å². The van der Waals surface area contributed by atoms with Gasteiger partial charge in [-0.15, -0.1) is 0 Å². The van der Waals surface area contributed by atoms with Gasteiger partial charge in [0.25, 0.3) is 0 Å². The van der Waals surface area contributed by atoms with E-state index in [1.165, 1.54) is 0 Å². The smallest absolute Gasteiger partial charge is 0.178 e. The molecule has 26 heavy (non-hydrogen) atoms. The summed E-state index contributed by atoms with van der Waals surface area (Å²) in [5.41, 5.74) is 3.86. The second-order valence-corrected chi connectivity index (χ2v) is 8.36. The van der Waals surface area contributed by atoms with Gasteiger partial charge < -0.3 is 4.40 Å². The van der Waals surface area contributed by atoms with Gasteiger partial charge in [0.2, 0.25) is 0 Å². The highest BCUT2D eigenvalue weighted by atomic mass is 32.2. The summed E-state index contributed by atoms with van der Waals surface area (Å²) >= 11 is 0. The van der Waals surface area contributed by atoms with Crippen LogP contribution in [0.5, 0.6) is 0 Å². The van der Waals surface area contributed by atoms with Gasteiger partial charge in [-0.1, -0.05) is 19.1 Å². The first kappa shape index (κ1) is 18.2. The molecule has 0 aliphatic rings. The lowest BCUT2D eigenvalue weighted by Gasteiger charge is -2.08. The van der Waals surface area contributed by atoms with E-state index in [0.717, 1.165) is 22.5 Å². The molecule has 1 aromatic carbocycles. The normalized spacial score (nSPS) is 11.5. The van der Waals surface area contributed by atoms with Gasteiger partial charge in [-0.05, 0) is 49.1 Å². The van der Waals surface area contributed by atoms with Crippen LogP contribution in [-0.4, -0.2) is 23.6 Å². The number of hydrogen-bond acceptors (Lipinski definition) is 4. The maximum atomic E-state index is 12.3. The van der Waals surface area contributed by atoms with Crippen molar-refractivity contribution in [3.8, 4) is 6.07 Å². The molecular weight excluding hydrogens is 346 g/mol. The van der Waals surface area contributed by atoms with Crippen molar-refractivity contribution in [2.24, 2.45) is 0 Å². The Labute approximate surface area is 153 Å². The number of rotatable bonds is 7. The first-order valence-corrected chi connectivity index (χ1v) is 10.3. The van der Waals surface area contributed by atoms with Crippen molar-refractivity contribution in [2.45, 2.75) is 37.5 Å². The summed E-state index contributed by atoms with van der Waals surface area (Å²) in [5, 5.41) is 8.92. The molecule has 0 N–H and O–H groups in total. The van der Waals surface area contributed by atoms with Gasteiger partial charge in [-0.2, -0.15) is 5.26 Å². The van der Waals surface area contributed by atoms with Crippen molar-refractivity contribution in [3.63, 3.8) is 0 Å². The van der Waals surface area contributed by atoms with Gasteiger partial charge in [0.1, 0.15) is 0 Å². The molecule has 0 atom stereocenters. The molecule has 3 rings (SSSR count). The average Bonchev–Trinajstić information content (AvgIpc) is 3.04. The summed E-state index contributed by atoms with van der Waals surface area (Å²) < 4.78 is 26.5. The third-order valence-electron chi connectivity index (χ3n) is 4.39. The lowest BCUT2D eigenvalue weighted by Crippen LogP contribution is -2.06. The molecule has 6 heteroatoms. The Hall–Kier alpha value is -2.65. The van der Waals surface area contributed by atoms with Crippen LogP contribution in [0.25, 0.3) is 5.52 Å². The largest absolute Gasteiger partial charge is 0.317 e. The molecule has 0 aliphatic carbocycles. The maximum absolute atomic E-state index is 12.3. The lowest BCUT2D eigenvalue weighted by atomic mass is 10.1. The van der Waals surface area contributed by atoms with Crippen LogP contribution >= 0.6 is 0 Å². The zero-order valence-corrected chi connectivity index (χ0v) is 15.5. The molecule has 2 heterocycles. The predicted molar refractivity (Wildman–Crippen MR) is 101 cm³/mol. The van der Waals surface area contributed by atoms with Gasteiger partial charge in [0.05, 0.1) is 34.3 Å². The Kier molecular flexibility index (Phi) is 5.38. The molecule has 134 valence electrons. The predicted octanol–water partition coefficient (Wildman–Crippen LogP) is 3.37. The summed E-state index contributed by atoms with van der Waals surface area (Å²) in [4.78, 5) is 4.86. The van der Waals surface area contributed by atoms with Crippen LogP contribution in [0.1, 0.15) is 30.3 Å². The lowest BCUT2D eigenvalue weighted by molar-refractivity contribution is 0.594. The highest BCUT2D eigenvalue weighted by molar-refractivity contribution is 7.91. The topological polar surface area (TPSA) is 75.2 Å². The monoisotopic (exact) mass is 367 g/mol. The summed E-state index contributed by atoms with van der Waals surface area (Å²) in [7, 11) is -3.20. The van der Waals surface area contributed by atoms with Gasteiger partial charge in [-0.3, -0.25) is 4.98 Å².